The summed E-state index contributed by atoms with van der Waals surface area (Å²) >= 11 is 6.08. The van der Waals surface area contributed by atoms with Crippen LogP contribution in [-0.4, -0.2) is 56.9 Å². The van der Waals surface area contributed by atoms with E-state index in [1.165, 1.54) is 41.7 Å². The lowest BCUT2D eigenvalue weighted by molar-refractivity contribution is -0.141. The number of amides is 3. The minimum absolute atomic E-state index is 0.0287. The Kier molecular flexibility index (Phi) is 7.07. The predicted octanol–water partition coefficient (Wildman–Crippen LogP) is 3.53. The Bertz CT molecular complexity index is 1780. The van der Waals surface area contributed by atoms with Gasteiger partial charge in [-0.15, -0.1) is 0 Å². The SMILES string of the molecule is O=C1Nc2ccc(Cl)c(F)c2[C@@]2(CCCN(C(=O)[C@H](Cc3cnccn3)NC(=O)c3ccc4[nH]c(=O)ccc4c3)C2)O1. The van der Waals surface area contributed by atoms with Crippen LogP contribution in [0.5, 0.6) is 0 Å². The number of H-pyrrole nitrogens is 1. The lowest BCUT2D eigenvalue weighted by Gasteiger charge is -2.45. The summed E-state index contributed by atoms with van der Waals surface area (Å²) in [4.78, 5) is 64.0. The summed E-state index contributed by atoms with van der Waals surface area (Å²) in [5, 5.41) is 5.82. The number of nitrogens with one attached hydrogen (secondary N) is 3. The van der Waals surface area contributed by atoms with Gasteiger partial charge in [0.1, 0.15) is 6.04 Å². The molecule has 4 aromatic rings. The lowest BCUT2D eigenvalue weighted by Crippen LogP contribution is -2.58. The van der Waals surface area contributed by atoms with Crippen molar-refractivity contribution >= 4 is 46.1 Å². The van der Waals surface area contributed by atoms with Crippen molar-refractivity contribution in [2.75, 3.05) is 18.4 Å². The van der Waals surface area contributed by atoms with Gasteiger partial charge in [-0.25, -0.2) is 9.18 Å². The average Bonchev–Trinajstić information content (AvgIpc) is 2.98. The Morgan fingerprint density at radius 1 is 1.17 bits per heavy atom. The third-order valence-electron chi connectivity index (χ3n) is 7.46. The number of fused-ring (bicyclic) bond motifs is 3. The maximum absolute atomic E-state index is 15.3. The molecule has 3 N–H and O–H groups in total. The molecule has 1 spiro atoms. The molecule has 214 valence electrons. The third kappa shape index (κ3) is 5.16. The van der Waals surface area contributed by atoms with Crippen LogP contribution < -0.4 is 16.2 Å². The van der Waals surface area contributed by atoms with Gasteiger partial charge in [0.15, 0.2) is 11.4 Å². The van der Waals surface area contributed by atoms with Crippen molar-refractivity contribution in [1.29, 1.82) is 0 Å². The monoisotopic (exact) mass is 590 g/mol. The predicted molar refractivity (Wildman–Crippen MR) is 151 cm³/mol. The molecule has 1 saturated heterocycles. The second kappa shape index (κ2) is 10.9. The van der Waals surface area contributed by atoms with E-state index in [0.29, 0.717) is 29.6 Å². The highest BCUT2D eigenvalue weighted by molar-refractivity contribution is 6.31. The Hall–Kier alpha value is -4.84. The first-order valence-electron chi connectivity index (χ1n) is 13.2. The number of piperidine rings is 1. The fraction of sp³-hybridized carbons (Fsp3) is 0.241. The summed E-state index contributed by atoms with van der Waals surface area (Å²) in [6, 6.07) is 9.50. The molecule has 2 aliphatic heterocycles. The van der Waals surface area contributed by atoms with Gasteiger partial charge in [0.2, 0.25) is 11.5 Å². The minimum atomic E-state index is -1.46. The molecule has 2 aliphatic rings. The summed E-state index contributed by atoms with van der Waals surface area (Å²) < 4.78 is 21.0. The normalized spacial score (nSPS) is 18.6. The van der Waals surface area contributed by atoms with Crippen molar-refractivity contribution in [2.24, 2.45) is 0 Å². The molecule has 3 amide bonds. The third-order valence-corrected chi connectivity index (χ3v) is 7.75. The number of likely N-dealkylation sites (tertiary alicyclic amines) is 1. The van der Waals surface area contributed by atoms with E-state index in [1.54, 1.807) is 24.3 Å². The summed E-state index contributed by atoms with van der Waals surface area (Å²) in [5.74, 6) is -1.71. The van der Waals surface area contributed by atoms with Gasteiger partial charge in [-0.3, -0.25) is 29.7 Å². The molecule has 2 aromatic heterocycles. The molecule has 2 aromatic carbocycles. The molecule has 42 heavy (non-hydrogen) atoms. The smallest absolute Gasteiger partial charge is 0.412 e. The summed E-state index contributed by atoms with van der Waals surface area (Å²) in [6.07, 6.45) is 4.42. The average molecular weight is 591 g/mol. The minimum Gasteiger partial charge on any atom is -0.436 e. The highest BCUT2D eigenvalue weighted by atomic mass is 35.5. The highest BCUT2D eigenvalue weighted by Gasteiger charge is 2.49. The zero-order valence-corrected chi connectivity index (χ0v) is 22.8. The van der Waals surface area contributed by atoms with E-state index >= 15 is 4.39 Å². The van der Waals surface area contributed by atoms with Crippen LogP contribution in [0.25, 0.3) is 10.9 Å². The molecule has 0 radical (unpaired) electrons. The number of carbonyl (C=O) groups is 3. The fourth-order valence-electron chi connectivity index (χ4n) is 5.56. The second-order valence-corrected chi connectivity index (χ2v) is 10.6. The number of pyridine rings is 1. The van der Waals surface area contributed by atoms with Crippen LogP contribution in [0.2, 0.25) is 5.02 Å². The Morgan fingerprint density at radius 2 is 2.02 bits per heavy atom. The second-order valence-electron chi connectivity index (χ2n) is 10.2. The maximum atomic E-state index is 15.3. The number of carbonyl (C=O) groups excluding carboxylic acids is 3. The number of hydrogen-bond donors (Lipinski definition) is 3. The summed E-state index contributed by atoms with van der Waals surface area (Å²) in [6.45, 7) is 0.152. The molecule has 4 heterocycles. The van der Waals surface area contributed by atoms with Gasteiger partial charge in [-0.1, -0.05) is 11.6 Å². The van der Waals surface area contributed by atoms with E-state index in [-0.39, 0.29) is 46.8 Å². The van der Waals surface area contributed by atoms with Gasteiger partial charge in [-0.05, 0) is 54.6 Å². The van der Waals surface area contributed by atoms with Crippen molar-refractivity contribution in [1.82, 2.24) is 25.2 Å². The molecule has 2 atom stereocenters. The number of benzene rings is 2. The molecule has 11 nitrogen and oxygen atoms in total. The van der Waals surface area contributed by atoms with Crippen molar-refractivity contribution < 1.29 is 23.5 Å². The van der Waals surface area contributed by atoms with Crippen molar-refractivity contribution in [3.05, 3.63) is 99.1 Å². The van der Waals surface area contributed by atoms with E-state index in [0.717, 1.165) is 0 Å². The van der Waals surface area contributed by atoms with Crippen LogP contribution in [0.15, 0.2) is 65.8 Å². The van der Waals surface area contributed by atoms with Crippen molar-refractivity contribution in [3.8, 4) is 0 Å². The molecule has 0 aliphatic carbocycles. The molecular weight excluding hydrogens is 567 g/mol. The van der Waals surface area contributed by atoms with Gasteiger partial charge < -0.3 is 19.9 Å². The zero-order chi connectivity index (χ0) is 29.4. The van der Waals surface area contributed by atoms with Gasteiger partial charge in [0.05, 0.1) is 28.5 Å². The van der Waals surface area contributed by atoms with E-state index in [9.17, 15) is 19.2 Å². The number of hydrogen-bond acceptors (Lipinski definition) is 7. The van der Waals surface area contributed by atoms with Crippen LogP contribution in [0.4, 0.5) is 14.9 Å². The summed E-state index contributed by atoms with van der Waals surface area (Å²) in [7, 11) is 0. The maximum Gasteiger partial charge on any atom is 0.412 e. The van der Waals surface area contributed by atoms with Crippen LogP contribution in [0, 0.1) is 5.82 Å². The first kappa shape index (κ1) is 27.3. The molecule has 0 bridgehead atoms. The number of halogens is 2. The van der Waals surface area contributed by atoms with Gasteiger partial charge in [-0.2, -0.15) is 0 Å². The van der Waals surface area contributed by atoms with Crippen molar-refractivity contribution in [3.63, 3.8) is 0 Å². The molecule has 0 unspecified atom stereocenters. The number of aromatic nitrogens is 3. The van der Waals surface area contributed by atoms with Crippen LogP contribution in [-0.2, 0) is 21.6 Å². The van der Waals surface area contributed by atoms with E-state index in [2.05, 4.69) is 25.6 Å². The molecule has 1 fully saturated rings. The molecule has 13 heteroatoms. The Morgan fingerprint density at radius 3 is 2.83 bits per heavy atom. The van der Waals surface area contributed by atoms with E-state index < -0.39 is 35.4 Å². The largest absolute Gasteiger partial charge is 0.436 e. The number of nitrogens with zero attached hydrogens (tertiary/aromatic N) is 3. The standard InChI is InChI=1S/C29H24ClFN6O5/c30-19-4-6-21-24(25(19)31)29(42-28(41)36-21)8-1-11-37(15-29)27(40)22(13-18-14-32-9-10-33-18)35-26(39)17-2-5-20-16(12-17)3-7-23(38)34-20/h2-7,9-10,12,14,22H,1,8,11,13,15H2,(H,34,38)(H,35,39)(H,36,41)/t22-,29-/m0/s1. The number of ether oxygens (including phenoxy) is 1. The van der Waals surface area contributed by atoms with Crippen LogP contribution in [0.3, 0.4) is 0 Å². The number of rotatable bonds is 5. The zero-order valence-electron chi connectivity index (χ0n) is 22.0. The first-order chi connectivity index (χ1) is 20.2. The van der Waals surface area contributed by atoms with E-state index in [4.69, 9.17) is 16.3 Å². The van der Waals surface area contributed by atoms with E-state index in [1.807, 2.05) is 0 Å². The van der Waals surface area contributed by atoms with Crippen LogP contribution in [0.1, 0.15) is 34.5 Å². The summed E-state index contributed by atoms with van der Waals surface area (Å²) in [5.41, 5.74) is -0.112. The molecule has 6 rings (SSSR count). The van der Waals surface area contributed by atoms with Gasteiger partial charge >= 0.3 is 6.09 Å². The Labute approximate surface area is 243 Å². The van der Waals surface area contributed by atoms with Crippen molar-refractivity contribution in [2.45, 2.75) is 30.9 Å². The highest BCUT2D eigenvalue weighted by Crippen LogP contribution is 2.45. The lowest BCUT2D eigenvalue weighted by atomic mass is 9.82. The first-order valence-corrected chi connectivity index (χ1v) is 13.6. The fourth-order valence-corrected chi connectivity index (χ4v) is 5.72. The van der Waals surface area contributed by atoms with Gasteiger partial charge in [0.25, 0.3) is 5.91 Å². The number of aromatic amines is 1. The number of anilines is 1. The quantitative estimate of drug-likeness (QED) is 0.322. The van der Waals surface area contributed by atoms with Crippen LogP contribution >= 0.6 is 11.6 Å². The Balaban J connectivity index is 1.31. The molecular formula is C29H24ClFN6O5. The topological polar surface area (TPSA) is 146 Å². The van der Waals surface area contributed by atoms with Gasteiger partial charge in [0, 0.05) is 48.7 Å². The molecule has 0 saturated carbocycles.